The summed E-state index contributed by atoms with van der Waals surface area (Å²) in [7, 11) is 0. The van der Waals surface area contributed by atoms with Crippen molar-refractivity contribution in [3.63, 3.8) is 0 Å². The van der Waals surface area contributed by atoms with E-state index >= 15 is 0 Å². The standard InChI is InChI=1S/C18H19F3N6O2.C6H8O7/c1-3-11-7-15(18(19,20)21)27-16(22-11)8-13(23-27)14-5-4-6-26(14)17(28)9-12-10(2)24-29-25-12;7-3(8)1-6(13,5(11)12)2-4(9)10/h7-8,14H,3-6,9H2,1-2H3;13H,1-2H2,(H,7,8)(H,9,10)(H,11,12). The molecule has 0 radical (unpaired) electrons. The Hall–Kier alpha value is -4.61. The number of carbonyl (C=O) groups excluding carboxylic acids is 1. The number of alkyl halides is 3. The van der Waals surface area contributed by atoms with Gasteiger partial charge in [0.1, 0.15) is 17.1 Å². The molecule has 0 bridgehead atoms. The number of likely N-dealkylation sites (tertiary alicyclic amines) is 1. The lowest BCUT2D eigenvalue weighted by molar-refractivity contribution is -0.170. The average molecular weight is 601 g/mol. The number of rotatable bonds is 9. The third-order valence-corrected chi connectivity index (χ3v) is 6.42. The molecule has 18 heteroatoms. The molecule has 228 valence electrons. The van der Waals surface area contributed by atoms with E-state index in [0.29, 0.717) is 42.2 Å². The highest BCUT2D eigenvalue weighted by atomic mass is 19.4. The summed E-state index contributed by atoms with van der Waals surface area (Å²) in [4.78, 5) is 49.2. The topological polar surface area (TPSA) is 222 Å². The molecule has 0 aromatic carbocycles. The maximum absolute atomic E-state index is 13.5. The number of hydrogen-bond acceptors (Lipinski definition) is 10. The molecule has 3 aromatic heterocycles. The van der Waals surface area contributed by atoms with Crippen LogP contribution in [0, 0.1) is 6.92 Å². The summed E-state index contributed by atoms with van der Waals surface area (Å²) < 4.78 is 45.9. The Kier molecular flexibility index (Phi) is 9.50. The van der Waals surface area contributed by atoms with Gasteiger partial charge in [0.2, 0.25) is 5.91 Å². The van der Waals surface area contributed by atoms with Crippen molar-refractivity contribution in [2.45, 2.75) is 70.2 Å². The van der Waals surface area contributed by atoms with E-state index in [9.17, 15) is 32.3 Å². The third-order valence-electron chi connectivity index (χ3n) is 6.42. The molecule has 0 saturated carbocycles. The number of aliphatic hydroxyl groups is 1. The van der Waals surface area contributed by atoms with Crippen LogP contribution in [0.25, 0.3) is 5.65 Å². The lowest BCUT2D eigenvalue weighted by Crippen LogP contribution is -2.42. The molecule has 4 heterocycles. The van der Waals surface area contributed by atoms with Crippen molar-refractivity contribution in [2.75, 3.05) is 6.54 Å². The normalized spacial score (nSPS) is 15.4. The van der Waals surface area contributed by atoms with E-state index < -0.39 is 54.3 Å². The van der Waals surface area contributed by atoms with E-state index in [2.05, 4.69) is 25.0 Å². The summed E-state index contributed by atoms with van der Waals surface area (Å²) in [6, 6.07) is 2.14. The van der Waals surface area contributed by atoms with E-state index in [0.717, 1.165) is 17.0 Å². The van der Waals surface area contributed by atoms with Crippen LogP contribution in [-0.2, 0) is 38.2 Å². The molecule has 1 fully saturated rings. The van der Waals surface area contributed by atoms with E-state index in [1.165, 1.54) is 6.07 Å². The molecule has 1 saturated heterocycles. The highest BCUT2D eigenvalue weighted by Gasteiger charge is 2.41. The monoisotopic (exact) mass is 600 g/mol. The summed E-state index contributed by atoms with van der Waals surface area (Å²) >= 11 is 0. The molecule has 15 nitrogen and oxygen atoms in total. The van der Waals surface area contributed by atoms with Crippen LogP contribution < -0.4 is 0 Å². The van der Waals surface area contributed by atoms with Gasteiger partial charge in [-0.05, 0) is 32.3 Å². The molecule has 1 unspecified atom stereocenters. The zero-order chi connectivity index (χ0) is 31.4. The molecule has 1 aliphatic rings. The Morgan fingerprint density at radius 1 is 1.07 bits per heavy atom. The van der Waals surface area contributed by atoms with Crippen molar-refractivity contribution in [3.05, 3.63) is 40.6 Å². The second-order valence-electron chi connectivity index (χ2n) is 9.52. The van der Waals surface area contributed by atoms with Gasteiger partial charge in [0.05, 0.1) is 31.0 Å². The second-order valence-corrected chi connectivity index (χ2v) is 9.52. The first kappa shape index (κ1) is 31.9. The minimum Gasteiger partial charge on any atom is -0.481 e. The fourth-order valence-electron chi connectivity index (χ4n) is 4.33. The number of nitrogens with zero attached hydrogens (tertiary/aromatic N) is 6. The third kappa shape index (κ3) is 7.36. The van der Waals surface area contributed by atoms with E-state index in [4.69, 9.17) is 20.4 Å². The number of aromatic nitrogens is 5. The SMILES string of the molecule is CCc1cc(C(F)(F)F)n2nc(C3CCCN3C(=O)Cc3nonc3C)cc2n1.O=C(O)CC(O)(CC(=O)O)C(=O)O. The van der Waals surface area contributed by atoms with E-state index in [1.54, 1.807) is 18.7 Å². The number of amides is 1. The van der Waals surface area contributed by atoms with Gasteiger partial charge in [-0.1, -0.05) is 17.2 Å². The van der Waals surface area contributed by atoms with Crippen molar-refractivity contribution in [2.24, 2.45) is 0 Å². The summed E-state index contributed by atoms with van der Waals surface area (Å²) in [5.41, 5.74) is -1.76. The molecule has 1 atom stereocenters. The Labute approximate surface area is 234 Å². The number of aliphatic carboxylic acids is 3. The summed E-state index contributed by atoms with van der Waals surface area (Å²) in [5.74, 6) is -5.21. The molecular weight excluding hydrogens is 573 g/mol. The highest BCUT2D eigenvalue weighted by Crippen LogP contribution is 2.34. The minimum atomic E-state index is -4.56. The van der Waals surface area contributed by atoms with Gasteiger partial charge >= 0.3 is 24.1 Å². The number of fused-ring (bicyclic) bond motifs is 1. The van der Waals surface area contributed by atoms with E-state index in [1.807, 2.05) is 0 Å². The summed E-state index contributed by atoms with van der Waals surface area (Å²) in [6.07, 6.45) is -5.10. The molecule has 1 amide bonds. The van der Waals surface area contributed by atoms with Crippen molar-refractivity contribution >= 4 is 29.5 Å². The first-order chi connectivity index (χ1) is 19.6. The number of aryl methyl sites for hydroxylation is 2. The van der Waals surface area contributed by atoms with Crippen LogP contribution in [0.4, 0.5) is 13.2 Å². The van der Waals surface area contributed by atoms with Crippen LogP contribution >= 0.6 is 0 Å². The number of carboxylic acids is 3. The van der Waals surface area contributed by atoms with Gasteiger partial charge in [0.15, 0.2) is 11.2 Å². The summed E-state index contributed by atoms with van der Waals surface area (Å²) in [5, 5.41) is 45.4. The zero-order valence-electron chi connectivity index (χ0n) is 22.3. The first-order valence-electron chi connectivity index (χ1n) is 12.5. The van der Waals surface area contributed by atoms with Crippen LogP contribution in [0.2, 0.25) is 0 Å². The molecule has 0 aliphatic carbocycles. The zero-order valence-corrected chi connectivity index (χ0v) is 22.3. The predicted octanol–water partition coefficient (Wildman–Crippen LogP) is 1.66. The van der Waals surface area contributed by atoms with Crippen molar-refractivity contribution in [3.8, 4) is 0 Å². The van der Waals surface area contributed by atoms with Gasteiger partial charge in [-0.25, -0.2) is 18.9 Å². The summed E-state index contributed by atoms with van der Waals surface area (Å²) in [6.45, 7) is 3.94. The maximum atomic E-state index is 13.5. The molecule has 4 rings (SSSR count). The molecule has 0 spiro atoms. The molecule has 42 heavy (non-hydrogen) atoms. The average Bonchev–Trinajstić information content (AvgIpc) is 3.61. The van der Waals surface area contributed by atoms with Gasteiger partial charge in [-0.2, -0.15) is 18.3 Å². The van der Waals surface area contributed by atoms with Gasteiger partial charge < -0.3 is 25.3 Å². The number of carbonyl (C=O) groups is 4. The van der Waals surface area contributed by atoms with Crippen LogP contribution in [0.5, 0.6) is 0 Å². The van der Waals surface area contributed by atoms with Crippen LogP contribution in [0.15, 0.2) is 16.8 Å². The van der Waals surface area contributed by atoms with Gasteiger partial charge in [-0.3, -0.25) is 14.4 Å². The fourth-order valence-corrected chi connectivity index (χ4v) is 4.33. The quantitative estimate of drug-likeness (QED) is 0.275. The smallest absolute Gasteiger partial charge is 0.433 e. The van der Waals surface area contributed by atoms with Crippen LogP contribution in [0.3, 0.4) is 0 Å². The van der Waals surface area contributed by atoms with Crippen LogP contribution in [0.1, 0.15) is 67.1 Å². The lowest BCUT2D eigenvalue weighted by atomic mass is 9.96. The van der Waals surface area contributed by atoms with Crippen LogP contribution in [-0.4, -0.2) is 86.2 Å². The number of hydrogen-bond donors (Lipinski definition) is 4. The number of halogens is 3. The molecule has 1 aliphatic heterocycles. The molecule has 4 N–H and O–H groups in total. The molecule has 3 aromatic rings. The maximum Gasteiger partial charge on any atom is 0.433 e. The van der Waals surface area contributed by atoms with Crippen molar-refractivity contribution in [1.29, 1.82) is 0 Å². The Balaban J connectivity index is 0.000000316. The van der Waals surface area contributed by atoms with Crippen molar-refractivity contribution < 1.29 is 57.4 Å². The fraction of sp³-hybridized carbons (Fsp3) is 0.500. The minimum absolute atomic E-state index is 0.0191. The largest absolute Gasteiger partial charge is 0.481 e. The Morgan fingerprint density at radius 3 is 2.21 bits per heavy atom. The second kappa shape index (κ2) is 12.5. The van der Waals surface area contributed by atoms with Crippen molar-refractivity contribution in [1.82, 2.24) is 29.8 Å². The number of carboxylic acid groups (broad SMARTS) is 3. The van der Waals surface area contributed by atoms with Gasteiger partial charge in [-0.15, -0.1) is 0 Å². The Bertz CT molecular complexity index is 1470. The van der Waals surface area contributed by atoms with Gasteiger partial charge in [0.25, 0.3) is 0 Å². The predicted molar refractivity (Wildman–Crippen MR) is 131 cm³/mol. The van der Waals surface area contributed by atoms with E-state index in [-0.39, 0.29) is 18.0 Å². The Morgan fingerprint density at radius 2 is 1.71 bits per heavy atom. The van der Waals surface area contributed by atoms with Gasteiger partial charge in [0, 0.05) is 18.3 Å². The lowest BCUT2D eigenvalue weighted by Gasteiger charge is -2.23. The first-order valence-corrected chi connectivity index (χ1v) is 12.5. The molecular formula is C24H27F3N6O9. The highest BCUT2D eigenvalue weighted by molar-refractivity contribution is 5.88.